The summed E-state index contributed by atoms with van der Waals surface area (Å²) < 4.78 is 50.2. The van der Waals surface area contributed by atoms with Gasteiger partial charge in [0, 0.05) is 5.37 Å². The maximum atomic E-state index is 11.4. The molecule has 0 aliphatic rings. The van der Waals surface area contributed by atoms with Gasteiger partial charge in [-0.05, 0) is 26.3 Å². The van der Waals surface area contributed by atoms with Gasteiger partial charge >= 0.3 is 0 Å². The molecule has 0 amide bonds. The first-order chi connectivity index (χ1) is 8.98. The van der Waals surface area contributed by atoms with Crippen LogP contribution in [0.15, 0.2) is 30.3 Å². The maximum absolute atomic E-state index is 11.4. The molecule has 112 valence electrons. The fourth-order valence-corrected chi connectivity index (χ4v) is 3.73. The fourth-order valence-electron chi connectivity index (χ4n) is 2.00. The van der Waals surface area contributed by atoms with E-state index in [0.29, 0.717) is 5.56 Å². The van der Waals surface area contributed by atoms with Gasteiger partial charge in [-0.25, -0.2) is 0 Å². The second-order valence-electron chi connectivity index (χ2n) is 5.24. The van der Waals surface area contributed by atoms with Crippen LogP contribution in [0.5, 0.6) is 0 Å². The molecule has 1 unspecified atom stereocenters. The van der Waals surface area contributed by atoms with Crippen LogP contribution in [0.3, 0.4) is 0 Å². The van der Waals surface area contributed by atoms with Crippen LogP contribution in [-0.4, -0.2) is 34.1 Å². The summed E-state index contributed by atoms with van der Waals surface area (Å²) in [4.78, 5) is 0. The van der Waals surface area contributed by atoms with Crippen LogP contribution in [0.25, 0.3) is 0 Å². The average Bonchev–Trinajstić information content (AvgIpc) is 2.25. The Labute approximate surface area is 121 Å². The number of hydrogen-bond donors (Lipinski definition) is 0. The highest BCUT2D eigenvalue weighted by Gasteiger charge is 2.45. The first-order valence-corrected chi connectivity index (χ1v) is 8.84. The van der Waals surface area contributed by atoms with Crippen molar-refractivity contribution >= 4 is 25.8 Å². The highest BCUT2D eigenvalue weighted by atomic mass is 32.2. The summed E-state index contributed by atoms with van der Waals surface area (Å²) in [6.45, 7) is 4.72. The molecule has 20 heavy (non-hydrogen) atoms. The molecule has 0 aromatic heterocycles. The molecule has 0 bridgehead atoms. The van der Waals surface area contributed by atoms with Crippen LogP contribution in [-0.2, 0) is 30.0 Å². The van der Waals surface area contributed by atoms with Crippen molar-refractivity contribution in [3.8, 4) is 0 Å². The second-order valence-corrected chi connectivity index (χ2v) is 7.58. The Balaban J connectivity index is 3.52. The normalized spacial score (nSPS) is 15.4. The monoisotopic (exact) mass is 318 g/mol. The lowest BCUT2D eigenvalue weighted by atomic mass is 9.72. The zero-order valence-electron chi connectivity index (χ0n) is 11.8. The quantitative estimate of drug-likeness (QED) is 0.605. The molecule has 1 aromatic rings. The summed E-state index contributed by atoms with van der Waals surface area (Å²) in [6.07, 6.45) is 0.939. The van der Waals surface area contributed by atoms with Crippen molar-refractivity contribution < 1.29 is 21.0 Å². The highest BCUT2D eigenvalue weighted by molar-refractivity contribution is 7.86. The van der Waals surface area contributed by atoms with Crippen molar-refractivity contribution in [3.63, 3.8) is 0 Å². The third-order valence-electron chi connectivity index (χ3n) is 3.32. The Morgan fingerprint density at radius 3 is 2.00 bits per heavy atom. The predicted molar refractivity (Wildman–Crippen MR) is 78.8 cm³/mol. The fraction of sp³-hybridized carbons (Fsp3) is 0.462. The van der Waals surface area contributed by atoms with Crippen molar-refractivity contribution in [2.75, 3.05) is 6.26 Å². The Kier molecular flexibility index (Phi) is 4.78. The van der Waals surface area contributed by atoms with E-state index in [1.165, 1.54) is 0 Å². The van der Waals surface area contributed by atoms with E-state index in [9.17, 15) is 16.8 Å². The van der Waals surface area contributed by atoms with Gasteiger partial charge in [-0.15, -0.1) is 0 Å². The number of rotatable bonds is 5. The topological polar surface area (TPSA) is 77.5 Å². The van der Waals surface area contributed by atoms with Crippen LogP contribution in [0.4, 0.5) is 0 Å². The summed E-state index contributed by atoms with van der Waals surface area (Å²) in [7, 11) is -6.19. The molecule has 7 heteroatoms. The van der Waals surface area contributed by atoms with Crippen LogP contribution in [0.1, 0.15) is 26.3 Å². The van der Waals surface area contributed by atoms with E-state index < -0.39 is 31.4 Å². The first-order valence-electron chi connectivity index (χ1n) is 5.88. The summed E-state index contributed by atoms with van der Waals surface area (Å²) in [5.74, 6) is 0. The van der Waals surface area contributed by atoms with Crippen molar-refractivity contribution in [3.05, 3.63) is 35.9 Å². The number of hydrogen-bond acceptors (Lipinski definition) is 5. The SMILES string of the molecule is CC(C)(OS(C)(=O)=O)C(C)(C=S(=O)=O)c1ccccc1. The van der Waals surface area contributed by atoms with E-state index in [0.717, 1.165) is 11.6 Å². The Hall–Kier alpha value is -1.18. The third-order valence-corrected chi connectivity index (χ3v) is 4.70. The average molecular weight is 318 g/mol. The minimum absolute atomic E-state index is 0.651. The van der Waals surface area contributed by atoms with Gasteiger partial charge in [0.25, 0.3) is 10.1 Å². The zero-order valence-corrected chi connectivity index (χ0v) is 13.5. The Morgan fingerprint density at radius 2 is 1.60 bits per heavy atom. The molecule has 0 spiro atoms. The van der Waals surface area contributed by atoms with Crippen molar-refractivity contribution in [2.45, 2.75) is 31.8 Å². The third kappa shape index (κ3) is 3.91. The molecule has 1 atom stereocenters. The van der Waals surface area contributed by atoms with E-state index in [1.807, 2.05) is 0 Å². The Bertz CT molecular complexity index is 694. The van der Waals surface area contributed by atoms with Crippen LogP contribution >= 0.6 is 0 Å². The molecule has 0 N–H and O–H groups in total. The van der Waals surface area contributed by atoms with Gasteiger partial charge in [-0.3, -0.25) is 4.18 Å². The molecule has 0 fully saturated rings. The van der Waals surface area contributed by atoms with Gasteiger partial charge in [0.1, 0.15) is 0 Å². The largest absolute Gasteiger partial charge is 0.264 e. The minimum atomic E-state index is -3.73. The summed E-state index contributed by atoms with van der Waals surface area (Å²) in [5.41, 5.74) is -1.73. The predicted octanol–water partition coefficient (Wildman–Crippen LogP) is 1.38. The lowest BCUT2D eigenvalue weighted by Gasteiger charge is -2.40. The molecule has 1 aromatic carbocycles. The summed E-state index contributed by atoms with van der Waals surface area (Å²) >= 11 is 0. The second kappa shape index (κ2) is 5.67. The molecular weight excluding hydrogens is 300 g/mol. The van der Waals surface area contributed by atoms with E-state index in [1.54, 1.807) is 51.1 Å². The molecule has 0 heterocycles. The van der Waals surface area contributed by atoms with E-state index in [4.69, 9.17) is 4.18 Å². The Morgan fingerprint density at radius 1 is 1.10 bits per heavy atom. The highest BCUT2D eigenvalue weighted by Crippen LogP contribution is 2.37. The standard InChI is InChI=1S/C13H18O5S2/c1-12(2,18-20(4,16)17)13(3,10-19(14)15)11-8-6-5-7-9-11/h5-10H,1-4H3. The van der Waals surface area contributed by atoms with E-state index >= 15 is 0 Å². The molecule has 0 aliphatic carbocycles. The van der Waals surface area contributed by atoms with Gasteiger partial charge in [-0.2, -0.15) is 16.8 Å². The van der Waals surface area contributed by atoms with Gasteiger partial charge in [-0.1, -0.05) is 30.3 Å². The molecule has 0 aliphatic heterocycles. The minimum Gasteiger partial charge on any atom is -0.263 e. The molecule has 5 nitrogen and oxygen atoms in total. The molecule has 0 saturated carbocycles. The van der Waals surface area contributed by atoms with Gasteiger partial charge in [0.15, 0.2) is 0 Å². The van der Waals surface area contributed by atoms with Crippen LogP contribution < -0.4 is 0 Å². The summed E-state index contributed by atoms with van der Waals surface area (Å²) in [5, 5.41) is 1.06. The zero-order chi connectivity index (χ0) is 15.6. The van der Waals surface area contributed by atoms with Crippen molar-refractivity contribution in [2.24, 2.45) is 0 Å². The van der Waals surface area contributed by atoms with Gasteiger partial charge < -0.3 is 0 Å². The van der Waals surface area contributed by atoms with Gasteiger partial charge in [0.05, 0.1) is 17.3 Å². The lowest BCUT2D eigenvalue weighted by molar-refractivity contribution is 0.0705. The van der Waals surface area contributed by atoms with E-state index in [2.05, 4.69) is 0 Å². The molecule has 0 saturated heterocycles. The van der Waals surface area contributed by atoms with E-state index in [-0.39, 0.29) is 0 Å². The van der Waals surface area contributed by atoms with Crippen LogP contribution in [0, 0.1) is 0 Å². The van der Waals surface area contributed by atoms with Crippen LogP contribution in [0.2, 0.25) is 0 Å². The first kappa shape index (κ1) is 16.9. The maximum Gasteiger partial charge on any atom is 0.264 e. The molecule has 1 rings (SSSR count). The summed E-state index contributed by atoms with van der Waals surface area (Å²) in [6, 6.07) is 8.77. The van der Waals surface area contributed by atoms with Crippen molar-refractivity contribution in [1.29, 1.82) is 0 Å². The molecular formula is C13H18O5S2. The number of benzene rings is 1. The lowest BCUT2D eigenvalue weighted by Crippen LogP contribution is -2.49. The molecule has 0 radical (unpaired) electrons. The smallest absolute Gasteiger partial charge is 0.263 e. The van der Waals surface area contributed by atoms with Gasteiger partial charge in [0.2, 0.25) is 10.3 Å². The van der Waals surface area contributed by atoms with Crippen molar-refractivity contribution in [1.82, 2.24) is 0 Å².